The normalized spacial score (nSPS) is 37.8. The number of anilines is 1. The van der Waals surface area contributed by atoms with Gasteiger partial charge in [-0.25, -0.2) is 28.2 Å². The van der Waals surface area contributed by atoms with Gasteiger partial charge in [0.05, 0.1) is 19.5 Å². The standard InChI is InChI=1S/C21H32FN5O14P2S/c1-4-21(36-3)18(32)20(2,39-19(21)27-8-26-10-15(23)24-7-25-16(10)27)6-37-43(35,44)41-42(33,34)40-17-13(31)11(29)12(30)14(38-17)9(22)5-28/h4,7-9,11-14,17-19,28-32H,1,5-6H2,2-3H3,(H,33,34)(H,35,44)(H2,23,24,25)/t9-,11?,12?,13?,14?,17?,18+,19+,20+,21+,43?/m0/s1. The van der Waals surface area contributed by atoms with Crippen molar-refractivity contribution in [1.29, 1.82) is 0 Å². The summed E-state index contributed by atoms with van der Waals surface area (Å²) in [7, 11) is -4.26. The van der Waals surface area contributed by atoms with Crippen molar-refractivity contribution in [2.24, 2.45) is 0 Å². The van der Waals surface area contributed by atoms with E-state index in [1.165, 1.54) is 37.3 Å². The molecular weight excluding hydrogens is 659 g/mol. The second kappa shape index (κ2) is 12.9. The van der Waals surface area contributed by atoms with Crippen molar-refractivity contribution in [3.05, 3.63) is 25.3 Å². The fraction of sp³-hybridized carbons (Fsp3) is 0.667. The lowest BCUT2D eigenvalue weighted by Gasteiger charge is -2.41. The van der Waals surface area contributed by atoms with E-state index in [4.69, 9.17) is 41.4 Å². The van der Waals surface area contributed by atoms with Crippen molar-refractivity contribution in [3.63, 3.8) is 0 Å². The van der Waals surface area contributed by atoms with Crippen molar-refractivity contribution >= 4 is 43.3 Å². The number of aliphatic hydroxyl groups is 5. The van der Waals surface area contributed by atoms with Crippen LogP contribution in [0.25, 0.3) is 11.2 Å². The maximum Gasteiger partial charge on any atom is 0.481 e. The number of rotatable bonds is 12. The van der Waals surface area contributed by atoms with Gasteiger partial charge in [-0.3, -0.25) is 9.09 Å². The number of ether oxygens (including phenoxy) is 3. The van der Waals surface area contributed by atoms with Crippen LogP contribution in [0.4, 0.5) is 10.2 Å². The average Bonchev–Trinajstić information content (AvgIpc) is 3.49. The molecule has 2 aromatic rings. The lowest BCUT2D eigenvalue weighted by atomic mass is 9.87. The molecule has 2 aliphatic heterocycles. The van der Waals surface area contributed by atoms with Gasteiger partial charge in [-0.15, -0.1) is 0 Å². The SMILES string of the molecule is C=C[C@]1(OC)[C@H](n2cnc3c(N)ncnc32)O[C@](C)(COP(O)(=S)OP(=O)(O)OC2OC([C@@H](F)CO)C(O)C(O)C2O)[C@H]1O. The molecule has 2 aromatic heterocycles. The zero-order valence-electron chi connectivity index (χ0n) is 23.0. The number of hydrogen-bond donors (Lipinski definition) is 8. The molecule has 0 radical (unpaired) electrons. The van der Waals surface area contributed by atoms with Crippen LogP contribution >= 0.6 is 14.5 Å². The summed E-state index contributed by atoms with van der Waals surface area (Å²) in [5.41, 5.74) is 2.84. The Kier molecular flexibility index (Phi) is 10.3. The maximum atomic E-state index is 14.0. The molecule has 4 heterocycles. The Hall–Kier alpha value is -1.62. The lowest BCUT2D eigenvalue weighted by Crippen LogP contribution is -2.60. The first-order chi connectivity index (χ1) is 20.5. The number of phosphoric ester groups is 1. The highest BCUT2D eigenvalue weighted by atomic mass is 32.5. The molecule has 2 fully saturated rings. The molecule has 7 unspecified atom stereocenters. The van der Waals surface area contributed by atoms with Crippen molar-refractivity contribution in [2.45, 2.75) is 67.3 Å². The summed E-state index contributed by atoms with van der Waals surface area (Å²) in [6.07, 6.45) is -12.0. The Morgan fingerprint density at radius 2 is 1.93 bits per heavy atom. The number of nitrogen functional groups attached to an aromatic ring is 1. The number of alkyl halides is 1. The largest absolute Gasteiger partial charge is 0.481 e. The van der Waals surface area contributed by atoms with Crippen LogP contribution in [0.3, 0.4) is 0 Å². The Morgan fingerprint density at radius 1 is 1.25 bits per heavy atom. The van der Waals surface area contributed by atoms with E-state index >= 15 is 0 Å². The van der Waals surface area contributed by atoms with Crippen LogP contribution in [0.5, 0.6) is 0 Å². The summed E-state index contributed by atoms with van der Waals surface area (Å²) in [5.74, 6) is 0.0686. The number of aromatic nitrogens is 4. The molecule has 23 heteroatoms. The molecular formula is C21H32FN5O14P2S. The molecule has 2 saturated heterocycles. The van der Waals surface area contributed by atoms with E-state index in [2.05, 4.69) is 30.4 Å². The summed E-state index contributed by atoms with van der Waals surface area (Å²) >= 11 is 4.83. The van der Waals surface area contributed by atoms with Gasteiger partial charge in [0.25, 0.3) is 0 Å². The van der Waals surface area contributed by atoms with Crippen molar-refractivity contribution < 1.29 is 71.8 Å². The van der Waals surface area contributed by atoms with Crippen LogP contribution in [0, 0.1) is 0 Å². The van der Waals surface area contributed by atoms with E-state index in [-0.39, 0.29) is 17.0 Å². The van der Waals surface area contributed by atoms with E-state index in [0.717, 1.165) is 0 Å². The highest BCUT2D eigenvalue weighted by Gasteiger charge is 2.63. The van der Waals surface area contributed by atoms with Crippen molar-refractivity contribution in [2.75, 3.05) is 26.1 Å². The smallest absolute Gasteiger partial charge is 0.393 e. The third-order valence-corrected chi connectivity index (χ3v) is 10.7. The van der Waals surface area contributed by atoms with Gasteiger partial charge in [0, 0.05) is 7.11 Å². The molecule has 9 N–H and O–H groups in total. The maximum absolute atomic E-state index is 14.0. The third-order valence-electron chi connectivity index (χ3n) is 7.18. The van der Waals surface area contributed by atoms with E-state index in [9.17, 15) is 39.2 Å². The fourth-order valence-electron chi connectivity index (χ4n) is 4.84. The Bertz CT molecular complexity index is 1460. The van der Waals surface area contributed by atoms with E-state index in [1.807, 2.05) is 0 Å². The first kappa shape index (κ1) is 35.2. The summed E-state index contributed by atoms with van der Waals surface area (Å²) in [6, 6.07) is 0. The molecule has 0 amide bonds. The summed E-state index contributed by atoms with van der Waals surface area (Å²) < 4.78 is 59.2. The van der Waals surface area contributed by atoms with Gasteiger partial charge in [-0.05, 0) is 18.7 Å². The monoisotopic (exact) mass is 691 g/mol. The number of hydrogen-bond acceptors (Lipinski definition) is 17. The van der Waals surface area contributed by atoms with Crippen LogP contribution in [0.1, 0.15) is 13.2 Å². The zero-order valence-corrected chi connectivity index (χ0v) is 25.6. The van der Waals surface area contributed by atoms with E-state index in [0.29, 0.717) is 0 Å². The number of nitrogens with two attached hydrogens (primary N) is 1. The first-order valence-corrected chi connectivity index (χ1v) is 16.7. The van der Waals surface area contributed by atoms with Gasteiger partial charge in [-0.1, -0.05) is 12.7 Å². The Balaban J connectivity index is 1.50. The minimum atomic E-state index is -5.53. The number of halogens is 1. The molecule has 44 heavy (non-hydrogen) atoms. The van der Waals surface area contributed by atoms with Gasteiger partial charge >= 0.3 is 14.5 Å². The lowest BCUT2D eigenvalue weighted by molar-refractivity contribution is -0.287. The fourth-order valence-corrected chi connectivity index (χ4v) is 8.00. The molecule has 2 aliphatic rings. The van der Waals surface area contributed by atoms with Gasteiger partial charge < -0.3 is 59.8 Å². The van der Waals surface area contributed by atoms with Gasteiger partial charge in [0.1, 0.15) is 48.0 Å². The van der Waals surface area contributed by atoms with Gasteiger partial charge in [-0.2, -0.15) is 0 Å². The minimum Gasteiger partial charge on any atom is -0.393 e. The molecule has 0 aliphatic carbocycles. The summed E-state index contributed by atoms with van der Waals surface area (Å²) in [4.78, 5) is 33.0. The molecule has 4 rings (SSSR count). The van der Waals surface area contributed by atoms with Crippen molar-refractivity contribution in [3.8, 4) is 0 Å². The number of nitrogens with zero attached hydrogens (tertiary/aromatic N) is 4. The predicted octanol–water partition coefficient (Wildman–Crippen LogP) is -1.87. The second-order valence-corrected chi connectivity index (χ2v) is 14.4. The van der Waals surface area contributed by atoms with E-state index in [1.54, 1.807) is 0 Å². The molecule has 0 bridgehead atoms. The molecule has 248 valence electrons. The number of imidazole rings is 1. The first-order valence-electron chi connectivity index (χ1n) is 12.6. The van der Waals surface area contributed by atoms with Crippen molar-refractivity contribution in [1.82, 2.24) is 19.5 Å². The number of fused-ring (bicyclic) bond motifs is 1. The highest BCUT2D eigenvalue weighted by molar-refractivity contribution is 8.08. The predicted molar refractivity (Wildman–Crippen MR) is 147 cm³/mol. The molecule has 0 spiro atoms. The number of phosphoric acid groups is 1. The number of methoxy groups -OCH3 is 1. The quantitative estimate of drug-likeness (QED) is 0.0894. The molecule has 19 nitrogen and oxygen atoms in total. The van der Waals surface area contributed by atoms with Gasteiger partial charge in [0.2, 0.25) is 0 Å². The Morgan fingerprint density at radius 3 is 2.55 bits per heavy atom. The third kappa shape index (κ3) is 6.47. The van der Waals surface area contributed by atoms with Gasteiger partial charge in [0.15, 0.2) is 35.8 Å². The molecule has 12 atom stereocenters. The molecule has 0 aromatic carbocycles. The zero-order chi connectivity index (χ0) is 32.8. The molecule has 0 saturated carbocycles. The van der Waals surface area contributed by atoms with E-state index < -0.39 is 88.2 Å². The van der Waals surface area contributed by atoms with Crippen LogP contribution in [0.15, 0.2) is 25.3 Å². The minimum absolute atomic E-state index is 0.0686. The number of aliphatic hydroxyl groups excluding tert-OH is 5. The highest BCUT2D eigenvalue weighted by Crippen LogP contribution is 2.62. The average molecular weight is 692 g/mol. The second-order valence-electron chi connectivity index (χ2n) is 10.1. The van der Waals surface area contributed by atoms with Crippen LogP contribution < -0.4 is 5.73 Å². The summed E-state index contributed by atoms with van der Waals surface area (Å²) in [6.45, 7) is -1.63. The topological polar surface area (TPSA) is 284 Å². The van der Waals surface area contributed by atoms with Crippen LogP contribution in [-0.2, 0) is 43.9 Å². The van der Waals surface area contributed by atoms with Crippen LogP contribution in [0.2, 0.25) is 0 Å². The summed E-state index contributed by atoms with van der Waals surface area (Å²) in [5, 5.41) is 50.4. The van der Waals surface area contributed by atoms with Crippen LogP contribution in [-0.4, -0.2) is 129 Å². The Labute approximate surface area is 253 Å².